The predicted molar refractivity (Wildman–Crippen MR) is 88.6 cm³/mol. The molecule has 0 radical (unpaired) electrons. The van der Waals surface area contributed by atoms with Crippen LogP contribution in [0, 0.1) is 0 Å². The molecule has 0 atom stereocenters. The van der Waals surface area contributed by atoms with Crippen molar-refractivity contribution in [2.75, 3.05) is 0 Å². The fraction of sp³-hybridized carbons (Fsp3) is 0. The SMILES string of the molecule is Clc1cc(-c2csc(-c3ccccc3Br)n2)c(Cl)s1. The molecule has 2 heterocycles. The fourth-order valence-corrected chi connectivity index (χ4v) is 4.61. The Balaban J connectivity index is 2.05. The summed E-state index contributed by atoms with van der Waals surface area (Å²) in [6, 6.07) is 9.88. The standard InChI is InChI=1S/C13H6BrCl2NS2/c14-9-4-2-1-3-7(9)13-17-10(6-18-13)8-5-11(15)19-12(8)16/h1-6H. The Bertz CT molecular complexity index is 736. The third-order valence-electron chi connectivity index (χ3n) is 2.54. The highest BCUT2D eigenvalue weighted by molar-refractivity contribution is 9.10. The van der Waals surface area contributed by atoms with Crippen LogP contribution >= 0.6 is 61.8 Å². The molecule has 3 rings (SSSR count). The van der Waals surface area contributed by atoms with E-state index in [1.807, 2.05) is 35.7 Å². The van der Waals surface area contributed by atoms with Gasteiger partial charge in [-0.1, -0.05) is 57.3 Å². The predicted octanol–water partition coefficient (Wildman–Crippen LogP) is 6.61. The van der Waals surface area contributed by atoms with Gasteiger partial charge in [0.05, 0.1) is 10.0 Å². The maximum absolute atomic E-state index is 6.16. The van der Waals surface area contributed by atoms with E-state index in [1.165, 1.54) is 11.3 Å². The summed E-state index contributed by atoms with van der Waals surface area (Å²) >= 11 is 18.6. The molecule has 0 aliphatic rings. The number of hydrogen-bond acceptors (Lipinski definition) is 3. The van der Waals surface area contributed by atoms with Gasteiger partial charge in [0.15, 0.2) is 0 Å². The second kappa shape index (κ2) is 5.54. The van der Waals surface area contributed by atoms with E-state index in [1.54, 1.807) is 11.3 Å². The van der Waals surface area contributed by atoms with Crippen LogP contribution in [0.25, 0.3) is 21.8 Å². The molecule has 0 saturated heterocycles. The van der Waals surface area contributed by atoms with Gasteiger partial charge in [-0.2, -0.15) is 0 Å². The smallest absolute Gasteiger partial charge is 0.125 e. The third kappa shape index (κ3) is 2.73. The minimum absolute atomic E-state index is 0.675. The molecular formula is C13H6BrCl2NS2. The Morgan fingerprint density at radius 1 is 1.11 bits per heavy atom. The number of aromatic nitrogens is 1. The van der Waals surface area contributed by atoms with Crippen LogP contribution in [-0.4, -0.2) is 4.98 Å². The second-order valence-electron chi connectivity index (χ2n) is 3.76. The Hall–Kier alpha value is -0.390. The summed E-state index contributed by atoms with van der Waals surface area (Å²) in [6.45, 7) is 0. The average Bonchev–Trinajstić information content (AvgIpc) is 2.96. The molecule has 0 unspecified atom stereocenters. The lowest BCUT2D eigenvalue weighted by molar-refractivity contribution is 1.40. The maximum atomic E-state index is 6.16. The number of benzene rings is 1. The molecule has 0 bridgehead atoms. The lowest BCUT2D eigenvalue weighted by Gasteiger charge is -1.98. The van der Waals surface area contributed by atoms with Crippen LogP contribution in [0.3, 0.4) is 0 Å². The molecule has 0 aliphatic carbocycles. The number of halogens is 3. The first-order chi connectivity index (χ1) is 9.15. The summed E-state index contributed by atoms with van der Waals surface area (Å²) in [5.74, 6) is 0. The molecule has 19 heavy (non-hydrogen) atoms. The number of rotatable bonds is 2. The monoisotopic (exact) mass is 389 g/mol. The minimum Gasteiger partial charge on any atom is -0.236 e. The Labute approximate surface area is 137 Å². The summed E-state index contributed by atoms with van der Waals surface area (Å²) < 4.78 is 2.38. The second-order valence-corrected chi connectivity index (χ2v) is 7.75. The third-order valence-corrected chi connectivity index (χ3v) is 5.60. The van der Waals surface area contributed by atoms with Gasteiger partial charge in [-0.25, -0.2) is 4.98 Å². The number of hydrogen-bond donors (Lipinski definition) is 0. The minimum atomic E-state index is 0.675. The molecule has 1 aromatic carbocycles. The quantitative estimate of drug-likeness (QED) is 0.479. The summed E-state index contributed by atoms with van der Waals surface area (Å²) in [5.41, 5.74) is 2.84. The molecule has 3 aromatic rings. The van der Waals surface area contributed by atoms with Gasteiger partial charge in [-0.15, -0.1) is 22.7 Å². The molecule has 1 nitrogen and oxygen atoms in total. The van der Waals surface area contributed by atoms with Gasteiger partial charge in [0.25, 0.3) is 0 Å². The molecule has 6 heteroatoms. The van der Waals surface area contributed by atoms with Crippen LogP contribution in [0.4, 0.5) is 0 Å². The van der Waals surface area contributed by atoms with Gasteiger partial charge in [0.2, 0.25) is 0 Å². The molecule has 0 fully saturated rings. The van der Waals surface area contributed by atoms with E-state index in [9.17, 15) is 0 Å². The zero-order valence-electron chi connectivity index (χ0n) is 9.36. The number of thiophene rings is 1. The highest BCUT2D eigenvalue weighted by Gasteiger charge is 2.13. The highest BCUT2D eigenvalue weighted by atomic mass is 79.9. The summed E-state index contributed by atoms with van der Waals surface area (Å²) in [5, 5.41) is 2.96. The van der Waals surface area contributed by atoms with Gasteiger partial charge >= 0.3 is 0 Å². The molecule has 0 amide bonds. The molecule has 0 N–H and O–H groups in total. The van der Waals surface area contributed by atoms with Crippen LogP contribution in [0.1, 0.15) is 0 Å². The largest absolute Gasteiger partial charge is 0.236 e. The normalized spacial score (nSPS) is 10.9. The average molecular weight is 391 g/mol. The van der Waals surface area contributed by atoms with Crippen LogP contribution in [0.15, 0.2) is 40.2 Å². The first-order valence-corrected chi connectivity index (χ1v) is 8.55. The lowest BCUT2D eigenvalue weighted by Crippen LogP contribution is -1.79. The van der Waals surface area contributed by atoms with Crippen molar-refractivity contribution in [2.45, 2.75) is 0 Å². The van der Waals surface area contributed by atoms with Gasteiger partial charge in [0, 0.05) is 21.0 Å². The Morgan fingerprint density at radius 2 is 1.89 bits per heavy atom. The van der Waals surface area contributed by atoms with E-state index in [4.69, 9.17) is 23.2 Å². The Kier molecular flexibility index (Phi) is 3.96. The van der Waals surface area contributed by atoms with Crippen molar-refractivity contribution < 1.29 is 0 Å². The summed E-state index contributed by atoms with van der Waals surface area (Å²) in [4.78, 5) is 4.64. The first-order valence-electron chi connectivity index (χ1n) is 5.31. The van der Waals surface area contributed by atoms with Crippen molar-refractivity contribution in [3.05, 3.63) is 48.9 Å². The van der Waals surface area contributed by atoms with Crippen LogP contribution in [0.5, 0.6) is 0 Å². The van der Waals surface area contributed by atoms with E-state index in [0.29, 0.717) is 8.67 Å². The lowest BCUT2D eigenvalue weighted by atomic mass is 10.2. The fourth-order valence-electron chi connectivity index (χ4n) is 1.67. The van der Waals surface area contributed by atoms with E-state index >= 15 is 0 Å². The molecular weight excluding hydrogens is 385 g/mol. The zero-order chi connectivity index (χ0) is 13.4. The summed E-state index contributed by atoms with van der Waals surface area (Å²) in [6.07, 6.45) is 0. The van der Waals surface area contributed by atoms with E-state index in [-0.39, 0.29) is 0 Å². The molecule has 0 aliphatic heterocycles. The van der Waals surface area contributed by atoms with E-state index in [2.05, 4.69) is 20.9 Å². The van der Waals surface area contributed by atoms with Crippen molar-refractivity contribution in [1.29, 1.82) is 0 Å². The topological polar surface area (TPSA) is 12.9 Å². The van der Waals surface area contributed by atoms with Gasteiger partial charge in [0.1, 0.15) is 9.34 Å². The van der Waals surface area contributed by atoms with Crippen molar-refractivity contribution in [3.8, 4) is 21.8 Å². The van der Waals surface area contributed by atoms with Crippen LogP contribution < -0.4 is 0 Å². The van der Waals surface area contributed by atoms with Crippen LogP contribution in [-0.2, 0) is 0 Å². The van der Waals surface area contributed by atoms with E-state index < -0.39 is 0 Å². The Morgan fingerprint density at radius 3 is 2.58 bits per heavy atom. The van der Waals surface area contributed by atoms with Crippen molar-refractivity contribution in [3.63, 3.8) is 0 Å². The van der Waals surface area contributed by atoms with Gasteiger partial charge < -0.3 is 0 Å². The van der Waals surface area contributed by atoms with Crippen molar-refractivity contribution >= 4 is 61.8 Å². The molecule has 2 aromatic heterocycles. The van der Waals surface area contributed by atoms with E-state index in [0.717, 1.165) is 26.3 Å². The molecule has 0 saturated carbocycles. The summed E-state index contributed by atoms with van der Waals surface area (Å²) in [7, 11) is 0. The highest BCUT2D eigenvalue weighted by Crippen LogP contribution is 2.40. The van der Waals surface area contributed by atoms with Crippen molar-refractivity contribution in [1.82, 2.24) is 4.98 Å². The zero-order valence-corrected chi connectivity index (χ0v) is 14.1. The molecule has 0 spiro atoms. The van der Waals surface area contributed by atoms with Crippen LogP contribution in [0.2, 0.25) is 8.67 Å². The maximum Gasteiger partial charge on any atom is 0.125 e. The number of nitrogens with zero attached hydrogens (tertiary/aromatic N) is 1. The van der Waals surface area contributed by atoms with Crippen molar-refractivity contribution in [2.24, 2.45) is 0 Å². The first kappa shape index (κ1) is 13.6. The molecule has 96 valence electrons. The van der Waals surface area contributed by atoms with Gasteiger partial charge in [-0.3, -0.25) is 0 Å². The van der Waals surface area contributed by atoms with Gasteiger partial charge in [-0.05, 0) is 12.1 Å². The number of thiazole rings is 1.